The summed E-state index contributed by atoms with van der Waals surface area (Å²) in [6, 6.07) is 2.12. The van der Waals surface area contributed by atoms with E-state index in [0.29, 0.717) is 0 Å². The topological polar surface area (TPSA) is 25.4 Å². The highest BCUT2D eigenvalue weighted by molar-refractivity contribution is 5.28. The standard InChI is InChI=1S/C16H22N2O/c1-12(2)19-16-9-14(10-17-11-16)8-15-7-13-3-5-18(15)6-4-13/h7,9-13H,3-6,8H2,1-2H3. The number of fused-ring (bicyclic) bond motifs is 2. The van der Waals surface area contributed by atoms with Gasteiger partial charge in [-0.05, 0) is 44.2 Å². The number of hydrogen-bond donors (Lipinski definition) is 0. The van der Waals surface area contributed by atoms with Crippen molar-refractivity contribution >= 4 is 0 Å². The highest BCUT2D eigenvalue weighted by Gasteiger charge is 2.25. The molecule has 1 saturated heterocycles. The lowest BCUT2D eigenvalue weighted by atomic mass is 9.89. The monoisotopic (exact) mass is 258 g/mol. The molecule has 3 heteroatoms. The summed E-state index contributed by atoms with van der Waals surface area (Å²) >= 11 is 0. The number of allylic oxidation sites excluding steroid dienone is 2. The molecule has 3 aliphatic heterocycles. The Balaban J connectivity index is 1.73. The molecular weight excluding hydrogens is 236 g/mol. The van der Waals surface area contributed by atoms with Gasteiger partial charge in [0.1, 0.15) is 5.75 Å². The van der Waals surface area contributed by atoms with Crippen LogP contribution in [0.25, 0.3) is 0 Å². The van der Waals surface area contributed by atoms with Crippen molar-refractivity contribution in [1.29, 1.82) is 0 Å². The molecule has 0 aromatic carbocycles. The fraction of sp³-hybridized carbons (Fsp3) is 0.562. The number of hydrogen-bond acceptors (Lipinski definition) is 3. The minimum atomic E-state index is 0.200. The summed E-state index contributed by atoms with van der Waals surface area (Å²) in [4.78, 5) is 6.82. The van der Waals surface area contributed by atoms with Crippen LogP contribution in [0.1, 0.15) is 32.3 Å². The Labute approximate surface area is 115 Å². The van der Waals surface area contributed by atoms with E-state index in [9.17, 15) is 0 Å². The molecule has 1 fully saturated rings. The molecule has 1 aromatic rings. The van der Waals surface area contributed by atoms with E-state index in [2.05, 4.69) is 22.0 Å². The van der Waals surface area contributed by atoms with Gasteiger partial charge in [-0.1, -0.05) is 6.08 Å². The number of nitrogens with zero attached hydrogens (tertiary/aromatic N) is 2. The molecule has 4 rings (SSSR count). The lowest BCUT2D eigenvalue weighted by Gasteiger charge is -2.40. The van der Waals surface area contributed by atoms with E-state index in [1.807, 2.05) is 20.0 Å². The molecule has 2 bridgehead atoms. The summed E-state index contributed by atoms with van der Waals surface area (Å²) in [6.07, 6.45) is 10.1. The highest BCUT2D eigenvalue weighted by Crippen LogP contribution is 2.31. The average Bonchev–Trinajstić information content (AvgIpc) is 2.39. The predicted molar refractivity (Wildman–Crippen MR) is 76.1 cm³/mol. The van der Waals surface area contributed by atoms with Crippen molar-refractivity contribution in [3.63, 3.8) is 0 Å². The Morgan fingerprint density at radius 3 is 2.74 bits per heavy atom. The molecule has 0 N–H and O–H groups in total. The van der Waals surface area contributed by atoms with Gasteiger partial charge in [-0.25, -0.2) is 0 Å². The molecular formula is C16H22N2O. The Bertz CT molecular complexity index is 473. The average molecular weight is 258 g/mol. The SMILES string of the molecule is CC(C)Oc1cncc(CC2=CC3CCN2CC3)c1. The van der Waals surface area contributed by atoms with Gasteiger partial charge in [0.25, 0.3) is 0 Å². The molecule has 0 aliphatic carbocycles. The summed E-state index contributed by atoms with van der Waals surface area (Å²) in [5.41, 5.74) is 2.72. The van der Waals surface area contributed by atoms with Crippen LogP contribution in [0.5, 0.6) is 5.75 Å². The lowest BCUT2D eigenvalue weighted by molar-refractivity contribution is 0.215. The molecule has 0 radical (unpaired) electrons. The van der Waals surface area contributed by atoms with Crippen molar-refractivity contribution in [1.82, 2.24) is 9.88 Å². The molecule has 1 aromatic heterocycles. The van der Waals surface area contributed by atoms with Crippen molar-refractivity contribution in [3.8, 4) is 5.75 Å². The van der Waals surface area contributed by atoms with Crippen LogP contribution in [0.15, 0.2) is 30.2 Å². The van der Waals surface area contributed by atoms with E-state index in [1.54, 1.807) is 6.20 Å². The lowest BCUT2D eigenvalue weighted by Crippen LogP contribution is -2.38. The van der Waals surface area contributed by atoms with Gasteiger partial charge in [0.15, 0.2) is 0 Å². The second-order valence-corrected chi connectivity index (χ2v) is 5.85. The van der Waals surface area contributed by atoms with Gasteiger partial charge in [-0.3, -0.25) is 4.98 Å². The zero-order valence-corrected chi connectivity index (χ0v) is 11.8. The number of rotatable bonds is 4. The van der Waals surface area contributed by atoms with E-state index in [4.69, 9.17) is 4.74 Å². The molecule has 0 unspecified atom stereocenters. The van der Waals surface area contributed by atoms with Gasteiger partial charge in [0, 0.05) is 31.4 Å². The third-order valence-electron chi connectivity index (χ3n) is 3.90. The fourth-order valence-corrected chi connectivity index (χ4v) is 3.01. The molecule has 0 amide bonds. The second kappa shape index (κ2) is 5.24. The molecule has 102 valence electrons. The van der Waals surface area contributed by atoms with Gasteiger partial charge in [0.05, 0.1) is 12.3 Å². The normalized spacial score (nSPS) is 18.9. The largest absolute Gasteiger partial charge is 0.489 e. The summed E-state index contributed by atoms with van der Waals surface area (Å²) < 4.78 is 5.71. The van der Waals surface area contributed by atoms with E-state index >= 15 is 0 Å². The second-order valence-electron chi connectivity index (χ2n) is 5.85. The maximum absolute atomic E-state index is 5.71. The van der Waals surface area contributed by atoms with Crippen LogP contribution in [0.4, 0.5) is 0 Å². The van der Waals surface area contributed by atoms with Crippen molar-refractivity contribution in [2.75, 3.05) is 13.1 Å². The van der Waals surface area contributed by atoms with Crippen LogP contribution in [0.3, 0.4) is 0 Å². The van der Waals surface area contributed by atoms with Crippen molar-refractivity contribution in [2.45, 2.75) is 39.2 Å². The van der Waals surface area contributed by atoms with Crippen molar-refractivity contribution < 1.29 is 4.74 Å². The molecule has 0 atom stereocenters. The third-order valence-corrected chi connectivity index (χ3v) is 3.90. The van der Waals surface area contributed by atoms with Crippen LogP contribution in [0.2, 0.25) is 0 Å². The predicted octanol–water partition coefficient (Wildman–Crippen LogP) is 3.02. The van der Waals surface area contributed by atoms with Gasteiger partial charge >= 0.3 is 0 Å². The summed E-state index contributed by atoms with van der Waals surface area (Å²) in [5, 5.41) is 0. The number of aromatic nitrogens is 1. The minimum absolute atomic E-state index is 0.200. The van der Waals surface area contributed by atoms with Crippen molar-refractivity contribution in [2.24, 2.45) is 5.92 Å². The van der Waals surface area contributed by atoms with Crippen LogP contribution in [0, 0.1) is 5.92 Å². The first kappa shape index (κ1) is 12.5. The molecule has 3 nitrogen and oxygen atoms in total. The van der Waals surface area contributed by atoms with Gasteiger partial charge in [-0.15, -0.1) is 0 Å². The zero-order valence-electron chi connectivity index (χ0n) is 11.8. The van der Waals surface area contributed by atoms with E-state index < -0.39 is 0 Å². The van der Waals surface area contributed by atoms with E-state index in [1.165, 1.54) is 37.2 Å². The highest BCUT2D eigenvalue weighted by atomic mass is 16.5. The van der Waals surface area contributed by atoms with Gasteiger partial charge in [0.2, 0.25) is 0 Å². The van der Waals surface area contributed by atoms with Crippen LogP contribution >= 0.6 is 0 Å². The number of ether oxygens (including phenoxy) is 1. The molecule has 19 heavy (non-hydrogen) atoms. The van der Waals surface area contributed by atoms with Crippen LogP contribution in [-0.2, 0) is 6.42 Å². The molecule has 0 spiro atoms. The quantitative estimate of drug-likeness (QED) is 0.830. The molecule has 3 aliphatic rings. The molecule has 4 heterocycles. The number of piperidine rings is 1. The zero-order chi connectivity index (χ0) is 13.2. The smallest absolute Gasteiger partial charge is 0.138 e. The van der Waals surface area contributed by atoms with Gasteiger partial charge in [-0.2, -0.15) is 0 Å². The van der Waals surface area contributed by atoms with Crippen LogP contribution in [-0.4, -0.2) is 29.1 Å². The van der Waals surface area contributed by atoms with Crippen molar-refractivity contribution in [3.05, 3.63) is 35.8 Å². The number of pyridine rings is 1. The Hall–Kier alpha value is -1.51. The molecule has 0 saturated carbocycles. The first-order valence-corrected chi connectivity index (χ1v) is 7.27. The fourth-order valence-electron chi connectivity index (χ4n) is 3.01. The first-order valence-electron chi connectivity index (χ1n) is 7.27. The summed E-state index contributed by atoms with van der Waals surface area (Å²) in [7, 11) is 0. The summed E-state index contributed by atoms with van der Waals surface area (Å²) in [5.74, 6) is 1.69. The third kappa shape index (κ3) is 2.91. The Morgan fingerprint density at radius 1 is 1.32 bits per heavy atom. The van der Waals surface area contributed by atoms with Crippen LogP contribution < -0.4 is 4.74 Å². The first-order chi connectivity index (χ1) is 9.20. The maximum Gasteiger partial charge on any atom is 0.138 e. The Morgan fingerprint density at radius 2 is 2.11 bits per heavy atom. The Kier molecular flexibility index (Phi) is 3.45. The minimum Gasteiger partial charge on any atom is -0.489 e. The maximum atomic E-state index is 5.71. The van der Waals surface area contributed by atoms with E-state index in [0.717, 1.165) is 18.1 Å². The van der Waals surface area contributed by atoms with Gasteiger partial charge < -0.3 is 9.64 Å². The van der Waals surface area contributed by atoms with E-state index in [-0.39, 0.29) is 6.10 Å². The summed E-state index contributed by atoms with van der Waals surface area (Å²) in [6.45, 7) is 6.54.